The van der Waals surface area contributed by atoms with Crippen molar-refractivity contribution in [1.29, 1.82) is 0 Å². The highest BCUT2D eigenvalue weighted by Gasteiger charge is 2.19. The molecule has 0 saturated heterocycles. The molecule has 152 valence electrons. The van der Waals surface area contributed by atoms with Crippen LogP contribution in [0.15, 0.2) is 36.4 Å². The molecule has 0 saturated carbocycles. The SMILES string of the molecule is COc1c(C(=O)NCCC(C)(C)O)ccc2[nH]nc(C=Cc3ccc(F)cc3)c12. The molecule has 1 aromatic heterocycles. The van der Waals surface area contributed by atoms with Crippen LogP contribution < -0.4 is 10.1 Å². The number of fused-ring (bicyclic) bond motifs is 1. The van der Waals surface area contributed by atoms with Gasteiger partial charge < -0.3 is 15.2 Å². The van der Waals surface area contributed by atoms with E-state index in [9.17, 15) is 14.3 Å². The molecule has 29 heavy (non-hydrogen) atoms. The van der Waals surface area contributed by atoms with Crippen LogP contribution >= 0.6 is 0 Å². The lowest BCUT2D eigenvalue weighted by atomic mass is 10.0. The molecule has 3 rings (SSSR count). The highest BCUT2D eigenvalue weighted by molar-refractivity contribution is 6.05. The summed E-state index contributed by atoms with van der Waals surface area (Å²) in [5, 5.41) is 20.5. The third kappa shape index (κ3) is 5.00. The molecule has 0 atom stereocenters. The number of aromatic amines is 1. The quantitative estimate of drug-likeness (QED) is 0.566. The van der Waals surface area contributed by atoms with Gasteiger partial charge in [-0.15, -0.1) is 0 Å². The Morgan fingerprint density at radius 2 is 1.97 bits per heavy atom. The third-order valence-corrected chi connectivity index (χ3v) is 4.49. The average Bonchev–Trinajstić information content (AvgIpc) is 3.09. The van der Waals surface area contributed by atoms with Crippen LogP contribution in [0.2, 0.25) is 0 Å². The van der Waals surface area contributed by atoms with E-state index in [0.717, 1.165) is 11.1 Å². The number of halogens is 1. The van der Waals surface area contributed by atoms with E-state index in [2.05, 4.69) is 15.5 Å². The van der Waals surface area contributed by atoms with E-state index in [0.29, 0.717) is 35.4 Å². The lowest BCUT2D eigenvalue weighted by Gasteiger charge is -2.17. The Kier molecular flexibility index (Phi) is 5.98. The Labute approximate surface area is 168 Å². The summed E-state index contributed by atoms with van der Waals surface area (Å²) in [6.07, 6.45) is 4.02. The second kappa shape index (κ2) is 8.45. The Morgan fingerprint density at radius 1 is 1.24 bits per heavy atom. The van der Waals surface area contributed by atoms with Gasteiger partial charge in [0.15, 0.2) is 0 Å². The molecule has 6 nitrogen and oxygen atoms in total. The van der Waals surface area contributed by atoms with E-state index in [1.54, 1.807) is 44.2 Å². The predicted octanol–water partition coefficient (Wildman–Crippen LogP) is 3.77. The molecular weight excluding hydrogens is 373 g/mol. The number of carbonyl (C=O) groups excluding carboxylic acids is 1. The predicted molar refractivity (Wildman–Crippen MR) is 111 cm³/mol. The van der Waals surface area contributed by atoms with E-state index in [-0.39, 0.29) is 11.7 Å². The minimum Gasteiger partial charge on any atom is -0.495 e. The van der Waals surface area contributed by atoms with Crippen LogP contribution in [0.3, 0.4) is 0 Å². The second-order valence-electron chi connectivity index (χ2n) is 7.38. The molecule has 0 aliphatic rings. The highest BCUT2D eigenvalue weighted by Crippen LogP contribution is 2.32. The maximum Gasteiger partial charge on any atom is 0.255 e. The van der Waals surface area contributed by atoms with Crippen molar-refractivity contribution in [3.8, 4) is 5.75 Å². The number of hydrogen-bond donors (Lipinski definition) is 3. The molecule has 2 aromatic carbocycles. The van der Waals surface area contributed by atoms with E-state index in [1.165, 1.54) is 19.2 Å². The van der Waals surface area contributed by atoms with Crippen molar-refractivity contribution in [3.63, 3.8) is 0 Å². The minimum absolute atomic E-state index is 0.289. The normalized spacial score (nSPS) is 11.9. The summed E-state index contributed by atoms with van der Waals surface area (Å²) in [7, 11) is 1.50. The Morgan fingerprint density at radius 3 is 2.62 bits per heavy atom. The van der Waals surface area contributed by atoms with E-state index < -0.39 is 5.60 Å². The van der Waals surface area contributed by atoms with Gasteiger partial charge in [0.2, 0.25) is 0 Å². The lowest BCUT2D eigenvalue weighted by molar-refractivity contribution is 0.0692. The van der Waals surface area contributed by atoms with Crippen LogP contribution in [-0.2, 0) is 0 Å². The van der Waals surface area contributed by atoms with Crippen molar-refractivity contribution < 1.29 is 19.0 Å². The molecule has 0 radical (unpaired) electrons. The first-order valence-electron chi connectivity index (χ1n) is 9.28. The number of benzene rings is 2. The number of methoxy groups -OCH3 is 1. The molecule has 1 amide bonds. The zero-order chi connectivity index (χ0) is 21.0. The number of aliphatic hydroxyl groups is 1. The summed E-state index contributed by atoms with van der Waals surface area (Å²) in [6.45, 7) is 3.72. The number of hydrogen-bond acceptors (Lipinski definition) is 4. The Bertz CT molecular complexity index is 1030. The van der Waals surface area contributed by atoms with Gasteiger partial charge in [0.1, 0.15) is 11.6 Å². The molecule has 3 N–H and O–H groups in total. The number of carbonyl (C=O) groups is 1. The summed E-state index contributed by atoms with van der Waals surface area (Å²) in [4.78, 5) is 12.6. The molecule has 0 aliphatic heterocycles. The van der Waals surface area contributed by atoms with Gasteiger partial charge in [-0.3, -0.25) is 9.89 Å². The van der Waals surface area contributed by atoms with Gasteiger partial charge in [-0.05, 0) is 56.2 Å². The summed E-state index contributed by atoms with van der Waals surface area (Å²) in [5.41, 5.74) is 1.68. The molecule has 0 fully saturated rings. The first-order valence-corrected chi connectivity index (χ1v) is 9.28. The zero-order valence-corrected chi connectivity index (χ0v) is 16.6. The molecule has 0 unspecified atom stereocenters. The number of H-pyrrole nitrogens is 1. The Balaban J connectivity index is 1.90. The largest absolute Gasteiger partial charge is 0.495 e. The fourth-order valence-corrected chi connectivity index (χ4v) is 2.94. The summed E-state index contributed by atoms with van der Waals surface area (Å²) < 4.78 is 18.6. The topological polar surface area (TPSA) is 87.2 Å². The molecule has 0 spiro atoms. The van der Waals surface area contributed by atoms with Crippen molar-refractivity contribution in [3.05, 3.63) is 59.0 Å². The van der Waals surface area contributed by atoms with Crippen molar-refractivity contribution in [1.82, 2.24) is 15.5 Å². The molecular formula is C22H24FN3O3. The summed E-state index contributed by atoms with van der Waals surface area (Å²) >= 11 is 0. The van der Waals surface area contributed by atoms with Gasteiger partial charge in [-0.25, -0.2) is 4.39 Å². The summed E-state index contributed by atoms with van der Waals surface area (Å²) in [6, 6.07) is 9.55. The summed E-state index contributed by atoms with van der Waals surface area (Å²) in [5.74, 6) is -0.173. The van der Waals surface area contributed by atoms with Crippen LogP contribution in [0.25, 0.3) is 23.1 Å². The molecule has 1 heterocycles. The maximum absolute atomic E-state index is 13.1. The van der Waals surface area contributed by atoms with Crippen LogP contribution in [0.1, 0.15) is 41.9 Å². The van der Waals surface area contributed by atoms with E-state index >= 15 is 0 Å². The van der Waals surface area contributed by atoms with Crippen molar-refractivity contribution in [2.75, 3.05) is 13.7 Å². The molecule has 0 aliphatic carbocycles. The van der Waals surface area contributed by atoms with Gasteiger partial charge in [0, 0.05) is 6.54 Å². The number of rotatable bonds is 7. The molecule has 0 bridgehead atoms. The first kappa shape index (κ1) is 20.5. The van der Waals surface area contributed by atoms with Crippen LogP contribution in [0, 0.1) is 5.82 Å². The van der Waals surface area contributed by atoms with Gasteiger partial charge in [-0.1, -0.05) is 18.2 Å². The standard InChI is InChI=1S/C22H24FN3O3/c1-22(2,28)12-13-24-21(27)16-9-11-18-19(20(16)29-3)17(25-26-18)10-6-14-4-7-15(23)8-5-14/h4-11,28H,12-13H2,1-3H3,(H,24,27)(H,25,26). The fourth-order valence-electron chi connectivity index (χ4n) is 2.94. The zero-order valence-electron chi connectivity index (χ0n) is 16.6. The monoisotopic (exact) mass is 397 g/mol. The third-order valence-electron chi connectivity index (χ3n) is 4.49. The van der Waals surface area contributed by atoms with Crippen LogP contribution in [0.5, 0.6) is 5.75 Å². The number of amides is 1. The van der Waals surface area contributed by atoms with Crippen molar-refractivity contribution in [2.45, 2.75) is 25.9 Å². The van der Waals surface area contributed by atoms with Crippen LogP contribution in [0.4, 0.5) is 4.39 Å². The fraction of sp³-hybridized carbons (Fsp3) is 0.273. The number of nitrogens with one attached hydrogen (secondary N) is 2. The lowest BCUT2D eigenvalue weighted by Crippen LogP contribution is -2.30. The van der Waals surface area contributed by atoms with E-state index in [1.807, 2.05) is 6.08 Å². The Hall–Kier alpha value is -3.19. The van der Waals surface area contributed by atoms with Crippen molar-refractivity contribution >= 4 is 29.0 Å². The molecule has 3 aromatic rings. The highest BCUT2D eigenvalue weighted by atomic mass is 19.1. The van der Waals surface area contributed by atoms with Gasteiger partial charge in [0.05, 0.1) is 34.9 Å². The molecule has 7 heteroatoms. The van der Waals surface area contributed by atoms with Crippen molar-refractivity contribution in [2.24, 2.45) is 0 Å². The minimum atomic E-state index is -0.857. The van der Waals surface area contributed by atoms with Gasteiger partial charge in [0.25, 0.3) is 5.91 Å². The second-order valence-corrected chi connectivity index (χ2v) is 7.38. The number of ether oxygens (including phenoxy) is 1. The van der Waals surface area contributed by atoms with Crippen LogP contribution in [-0.4, -0.2) is 40.5 Å². The number of nitrogens with zero attached hydrogens (tertiary/aromatic N) is 1. The van der Waals surface area contributed by atoms with E-state index in [4.69, 9.17) is 4.74 Å². The van der Waals surface area contributed by atoms with Gasteiger partial charge in [-0.2, -0.15) is 5.10 Å². The first-order chi connectivity index (χ1) is 13.8. The number of aromatic nitrogens is 2. The maximum atomic E-state index is 13.1. The van der Waals surface area contributed by atoms with Gasteiger partial charge >= 0.3 is 0 Å². The average molecular weight is 397 g/mol. The smallest absolute Gasteiger partial charge is 0.255 e.